The topological polar surface area (TPSA) is 12.0 Å². The monoisotopic (exact) mass is 247 g/mol. The van der Waals surface area contributed by atoms with Gasteiger partial charge in [0, 0.05) is 6.04 Å². The molecule has 1 nitrogen and oxygen atoms in total. The van der Waals surface area contributed by atoms with Crippen molar-refractivity contribution < 1.29 is 17.6 Å². The molecule has 0 amide bonds. The Labute approximate surface area is 96.8 Å². The molecular formula is C12H13F4N. The highest BCUT2D eigenvalue weighted by molar-refractivity contribution is 5.30. The second-order valence-corrected chi connectivity index (χ2v) is 4.45. The first-order valence-electron chi connectivity index (χ1n) is 5.42. The number of rotatable bonds is 2. The lowest BCUT2D eigenvalue weighted by atomic mass is 9.84. The van der Waals surface area contributed by atoms with Gasteiger partial charge in [-0.3, -0.25) is 0 Å². The van der Waals surface area contributed by atoms with E-state index < -0.39 is 17.4 Å². The number of alkyl halides is 4. The molecule has 2 unspecified atom stereocenters. The van der Waals surface area contributed by atoms with Crippen LogP contribution < -0.4 is 5.32 Å². The van der Waals surface area contributed by atoms with E-state index in [0.717, 1.165) is 18.7 Å². The Bertz CT molecular complexity index is 390. The molecule has 0 saturated carbocycles. The summed E-state index contributed by atoms with van der Waals surface area (Å²) in [5.74, 6) is 0. The zero-order chi connectivity index (χ0) is 12.7. The van der Waals surface area contributed by atoms with Crippen LogP contribution in [0.2, 0.25) is 0 Å². The number of halogens is 4. The molecule has 17 heavy (non-hydrogen) atoms. The van der Waals surface area contributed by atoms with Crippen molar-refractivity contribution in [2.45, 2.75) is 31.2 Å². The third-order valence-corrected chi connectivity index (χ3v) is 3.25. The second kappa shape index (κ2) is 3.98. The van der Waals surface area contributed by atoms with E-state index in [1.165, 1.54) is 19.1 Å². The van der Waals surface area contributed by atoms with Crippen LogP contribution in [0.1, 0.15) is 24.5 Å². The van der Waals surface area contributed by atoms with Crippen molar-refractivity contribution in [3.05, 3.63) is 35.4 Å². The molecule has 94 valence electrons. The second-order valence-electron chi connectivity index (χ2n) is 4.45. The highest BCUT2D eigenvalue weighted by atomic mass is 19.4. The van der Waals surface area contributed by atoms with Crippen LogP contribution in [0.25, 0.3) is 0 Å². The number of hydrogen-bond acceptors (Lipinski definition) is 1. The Morgan fingerprint density at radius 1 is 1.06 bits per heavy atom. The van der Waals surface area contributed by atoms with Gasteiger partial charge in [0.1, 0.15) is 5.67 Å². The summed E-state index contributed by atoms with van der Waals surface area (Å²) in [6, 6.07) is 3.96. The van der Waals surface area contributed by atoms with Gasteiger partial charge in [-0.05, 0) is 37.6 Å². The van der Waals surface area contributed by atoms with Crippen LogP contribution in [0.4, 0.5) is 17.6 Å². The maximum Gasteiger partial charge on any atom is 0.416 e. The third-order valence-electron chi connectivity index (χ3n) is 3.25. The summed E-state index contributed by atoms with van der Waals surface area (Å²) < 4.78 is 51.4. The third kappa shape index (κ3) is 2.29. The van der Waals surface area contributed by atoms with E-state index in [1.807, 2.05) is 0 Å². The molecule has 1 heterocycles. The van der Waals surface area contributed by atoms with Crippen LogP contribution in [0.5, 0.6) is 0 Å². The summed E-state index contributed by atoms with van der Waals surface area (Å²) in [5, 5.41) is 2.93. The van der Waals surface area contributed by atoms with E-state index >= 15 is 0 Å². The van der Waals surface area contributed by atoms with Crippen molar-refractivity contribution in [1.82, 2.24) is 5.32 Å². The average molecular weight is 247 g/mol. The Morgan fingerprint density at radius 2 is 1.53 bits per heavy atom. The summed E-state index contributed by atoms with van der Waals surface area (Å²) in [6.45, 7) is 2.15. The van der Waals surface area contributed by atoms with E-state index in [1.54, 1.807) is 0 Å². The fourth-order valence-corrected chi connectivity index (χ4v) is 1.94. The summed E-state index contributed by atoms with van der Waals surface area (Å²) in [4.78, 5) is 0. The minimum Gasteiger partial charge on any atom is -0.311 e. The lowest BCUT2D eigenvalue weighted by Gasteiger charge is -2.38. The van der Waals surface area contributed by atoms with Crippen LogP contribution >= 0.6 is 0 Å². The van der Waals surface area contributed by atoms with E-state index in [4.69, 9.17) is 0 Å². The first kappa shape index (κ1) is 12.4. The maximum atomic E-state index is 14.4. The summed E-state index contributed by atoms with van der Waals surface area (Å²) >= 11 is 0. The average Bonchev–Trinajstić information content (AvgIpc) is 2.13. The zero-order valence-electron chi connectivity index (χ0n) is 9.31. The van der Waals surface area contributed by atoms with Gasteiger partial charge in [-0.2, -0.15) is 13.2 Å². The van der Waals surface area contributed by atoms with Crippen LogP contribution in [-0.2, 0) is 11.8 Å². The van der Waals surface area contributed by atoms with Crippen LogP contribution in [0, 0.1) is 0 Å². The fourth-order valence-electron chi connectivity index (χ4n) is 1.94. The maximum absolute atomic E-state index is 14.4. The predicted octanol–water partition coefficient (Wildman–Crippen LogP) is 3.25. The molecule has 2 atom stereocenters. The van der Waals surface area contributed by atoms with Gasteiger partial charge in [-0.25, -0.2) is 4.39 Å². The normalized spacial score (nSPS) is 23.9. The lowest BCUT2D eigenvalue weighted by molar-refractivity contribution is -0.137. The molecule has 0 aromatic heterocycles. The van der Waals surface area contributed by atoms with E-state index in [2.05, 4.69) is 5.32 Å². The molecule has 5 heteroatoms. The first-order valence-corrected chi connectivity index (χ1v) is 5.42. The highest BCUT2D eigenvalue weighted by Crippen LogP contribution is 2.36. The lowest BCUT2D eigenvalue weighted by Crippen LogP contribution is -2.53. The summed E-state index contributed by atoms with van der Waals surface area (Å²) in [5.41, 5.74) is -2.09. The molecule has 1 N–H and O–H groups in total. The molecule has 1 aromatic carbocycles. The molecule has 1 aromatic rings. The molecule has 1 saturated heterocycles. The van der Waals surface area contributed by atoms with E-state index in [-0.39, 0.29) is 11.6 Å². The minimum atomic E-state index is -4.38. The van der Waals surface area contributed by atoms with Gasteiger partial charge in [0.15, 0.2) is 0 Å². The number of nitrogens with one attached hydrogen (secondary N) is 1. The Kier molecular flexibility index (Phi) is 2.89. The van der Waals surface area contributed by atoms with Gasteiger partial charge < -0.3 is 5.32 Å². The summed E-state index contributed by atoms with van der Waals surface area (Å²) in [7, 11) is 0. The van der Waals surface area contributed by atoms with Crippen molar-refractivity contribution in [1.29, 1.82) is 0 Å². The Morgan fingerprint density at radius 3 is 1.88 bits per heavy atom. The van der Waals surface area contributed by atoms with Crippen LogP contribution in [0.15, 0.2) is 24.3 Å². The molecule has 1 fully saturated rings. The largest absolute Gasteiger partial charge is 0.416 e. The van der Waals surface area contributed by atoms with E-state index in [9.17, 15) is 17.6 Å². The zero-order valence-corrected chi connectivity index (χ0v) is 9.31. The van der Waals surface area contributed by atoms with Crippen LogP contribution in [-0.4, -0.2) is 12.6 Å². The van der Waals surface area contributed by atoms with E-state index in [0.29, 0.717) is 6.42 Å². The van der Waals surface area contributed by atoms with Crippen molar-refractivity contribution in [3.8, 4) is 0 Å². The molecule has 2 rings (SSSR count). The van der Waals surface area contributed by atoms with Crippen molar-refractivity contribution >= 4 is 0 Å². The SMILES string of the molecule is CC(F)(c1ccc(C(F)(F)F)cc1)C1CCN1. The number of benzene rings is 1. The standard InChI is InChI=1S/C12H13F4N/c1-11(13,10-6-7-17-10)8-2-4-9(5-3-8)12(14,15)16/h2-5,10,17H,6-7H2,1H3. The Balaban J connectivity index is 2.23. The van der Waals surface area contributed by atoms with Crippen LogP contribution in [0.3, 0.4) is 0 Å². The summed E-state index contributed by atoms with van der Waals surface area (Å²) in [6.07, 6.45) is -3.67. The van der Waals surface area contributed by atoms with Crippen molar-refractivity contribution in [3.63, 3.8) is 0 Å². The molecule has 1 aliphatic heterocycles. The fraction of sp³-hybridized carbons (Fsp3) is 0.500. The van der Waals surface area contributed by atoms with Gasteiger partial charge in [-0.15, -0.1) is 0 Å². The first-order chi connectivity index (χ1) is 7.82. The van der Waals surface area contributed by atoms with Crippen molar-refractivity contribution in [2.75, 3.05) is 6.54 Å². The molecule has 0 radical (unpaired) electrons. The molecule has 1 aliphatic rings. The van der Waals surface area contributed by atoms with Gasteiger partial charge in [-0.1, -0.05) is 12.1 Å². The Hall–Kier alpha value is -1.10. The van der Waals surface area contributed by atoms with Crippen molar-refractivity contribution in [2.24, 2.45) is 0 Å². The smallest absolute Gasteiger partial charge is 0.311 e. The highest BCUT2D eigenvalue weighted by Gasteiger charge is 2.40. The molecule has 0 spiro atoms. The van der Waals surface area contributed by atoms with Gasteiger partial charge in [0.25, 0.3) is 0 Å². The quantitative estimate of drug-likeness (QED) is 0.791. The molecule has 0 aliphatic carbocycles. The molecular weight excluding hydrogens is 234 g/mol. The van der Waals surface area contributed by atoms with Gasteiger partial charge in [0.05, 0.1) is 5.56 Å². The predicted molar refractivity (Wildman–Crippen MR) is 56.3 cm³/mol. The van der Waals surface area contributed by atoms with Gasteiger partial charge in [0.2, 0.25) is 0 Å². The minimum absolute atomic E-state index is 0.280. The molecule has 0 bridgehead atoms. The number of hydrogen-bond donors (Lipinski definition) is 1. The van der Waals surface area contributed by atoms with Gasteiger partial charge >= 0.3 is 6.18 Å².